The maximum atomic E-state index is 6.14. The van der Waals surface area contributed by atoms with Crippen molar-refractivity contribution >= 4 is 22.5 Å². The first kappa shape index (κ1) is 14.0. The molecule has 0 atom stereocenters. The minimum Gasteiger partial charge on any atom is -0.474 e. The predicted molar refractivity (Wildman–Crippen MR) is 86.8 cm³/mol. The van der Waals surface area contributed by atoms with Crippen LogP contribution in [-0.4, -0.2) is 11.5 Å². The smallest absolute Gasteiger partial charge is 0.192 e. The maximum Gasteiger partial charge on any atom is 0.192 e. The van der Waals surface area contributed by atoms with Gasteiger partial charge in [-0.3, -0.25) is 0 Å². The van der Waals surface area contributed by atoms with Gasteiger partial charge in [-0.1, -0.05) is 41.9 Å². The minimum atomic E-state index is 0.502. The highest BCUT2D eigenvalue weighted by Gasteiger charge is 2.04. The van der Waals surface area contributed by atoms with Crippen molar-refractivity contribution in [2.24, 2.45) is 5.73 Å². The molecular formula is C17H17ClN2O. The lowest BCUT2D eigenvalue weighted by atomic mass is 10.1. The van der Waals surface area contributed by atoms with E-state index in [1.54, 1.807) is 0 Å². The Morgan fingerprint density at radius 2 is 1.95 bits per heavy atom. The van der Waals surface area contributed by atoms with Crippen molar-refractivity contribution in [3.63, 3.8) is 0 Å². The van der Waals surface area contributed by atoms with E-state index in [1.807, 2.05) is 36.4 Å². The van der Waals surface area contributed by atoms with Crippen LogP contribution in [0.4, 0.5) is 0 Å². The molecule has 0 bridgehead atoms. The molecule has 3 aromatic rings. The Balaban J connectivity index is 1.73. The number of benzene rings is 2. The van der Waals surface area contributed by atoms with E-state index in [1.165, 1.54) is 0 Å². The van der Waals surface area contributed by atoms with E-state index in [9.17, 15) is 0 Å². The van der Waals surface area contributed by atoms with Gasteiger partial charge in [0.05, 0.1) is 0 Å². The normalized spacial score (nSPS) is 11.0. The summed E-state index contributed by atoms with van der Waals surface area (Å²) in [6.45, 7) is 1.09. The Morgan fingerprint density at radius 3 is 2.76 bits per heavy atom. The second-order valence-corrected chi connectivity index (χ2v) is 5.38. The average molecular weight is 301 g/mol. The zero-order valence-electron chi connectivity index (χ0n) is 11.6. The van der Waals surface area contributed by atoms with Gasteiger partial charge in [0.1, 0.15) is 6.61 Å². The van der Waals surface area contributed by atoms with E-state index in [4.69, 9.17) is 22.1 Å². The van der Waals surface area contributed by atoms with Crippen LogP contribution in [0.15, 0.2) is 48.5 Å². The Hall–Kier alpha value is -1.97. The second kappa shape index (κ2) is 6.20. The Morgan fingerprint density at radius 1 is 1.10 bits per heavy atom. The molecule has 4 heteroatoms. The fourth-order valence-electron chi connectivity index (χ4n) is 2.35. The van der Waals surface area contributed by atoms with Crippen LogP contribution < -0.4 is 10.5 Å². The van der Waals surface area contributed by atoms with Crippen LogP contribution in [-0.2, 0) is 13.0 Å². The Kier molecular flexibility index (Phi) is 4.13. The van der Waals surface area contributed by atoms with E-state index in [-0.39, 0.29) is 0 Å². The summed E-state index contributed by atoms with van der Waals surface area (Å²) < 4.78 is 5.82. The fourth-order valence-corrected chi connectivity index (χ4v) is 2.56. The largest absolute Gasteiger partial charge is 0.474 e. The number of halogens is 1. The summed E-state index contributed by atoms with van der Waals surface area (Å²) in [4.78, 5) is 3.25. The molecule has 0 unspecified atom stereocenters. The van der Waals surface area contributed by atoms with Crippen LogP contribution in [0.5, 0.6) is 5.88 Å². The molecule has 21 heavy (non-hydrogen) atoms. The standard InChI is InChI=1S/C17H17ClN2O/c18-15-6-5-12(9-13(15)7-8-19)11-21-17-10-14-3-1-2-4-16(14)20-17/h1-6,9-10,20H,7-8,11,19H2. The number of nitrogens with two attached hydrogens (primary N) is 1. The number of rotatable bonds is 5. The molecule has 1 aromatic heterocycles. The van der Waals surface area contributed by atoms with Gasteiger partial charge in [0.25, 0.3) is 0 Å². The molecule has 0 saturated heterocycles. The summed E-state index contributed by atoms with van der Waals surface area (Å²) in [7, 11) is 0. The number of hydrogen-bond acceptors (Lipinski definition) is 2. The number of H-pyrrole nitrogens is 1. The molecule has 3 N–H and O–H groups in total. The molecular weight excluding hydrogens is 284 g/mol. The van der Waals surface area contributed by atoms with E-state index < -0.39 is 0 Å². The first-order valence-electron chi connectivity index (χ1n) is 6.94. The lowest BCUT2D eigenvalue weighted by molar-refractivity contribution is 0.296. The molecule has 2 aromatic carbocycles. The van der Waals surface area contributed by atoms with Crippen molar-refractivity contribution in [3.8, 4) is 5.88 Å². The molecule has 0 radical (unpaired) electrons. The van der Waals surface area contributed by atoms with Crippen molar-refractivity contribution in [1.29, 1.82) is 0 Å². The lowest BCUT2D eigenvalue weighted by Crippen LogP contribution is -2.04. The number of ether oxygens (including phenoxy) is 1. The molecule has 3 nitrogen and oxygen atoms in total. The Labute approximate surface area is 128 Å². The van der Waals surface area contributed by atoms with Crippen molar-refractivity contribution in [3.05, 3.63) is 64.7 Å². The van der Waals surface area contributed by atoms with Gasteiger partial charge in [-0.05, 0) is 36.2 Å². The van der Waals surface area contributed by atoms with E-state index in [0.717, 1.165) is 39.4 Å². The van der Waals surface area contributed by atoms with Gasteiger partial charge in [0.15, 0.2) is 5.88 Å². The minimum absolute atomic E-state index is 0.502. The van der Waals surface area contributed by atoms with Crippen LogP contribution in [0, 0.1) is 0 Å². The number of nitrogens with one attached hydrogen (secondary N) is 1. The van der Waals surface area contributed by atoms with Gasteiger partial charge in [0, 0.05) is 22.0 Å². The average Bonchev–Trinajstić information content (AvgIpc) is 2.91. The number of hydrogen-bond donors (Lipinski definition) is 2. The van der Waals surface area contributed by atoms with Crippen LogP contribution in [0.1, 0.15) is 11.1 Å². The molecule has 0 saturated carbocycles. The van der Waals surface area contributed by atoms with Gasteiger partial charge in [0.2, 0.25) is 0 Å². The van der Waals surface area contributed by atoms with E-state index in [0.29, 0.717) is 13.2 Å². The summed E-state index contributed by atoms with van der Waals surface area (Å²) in [6.07, 6.45) is 0.777. The van der Waals surface area contributed by atoms with Crippen LogP contribution in [0.3, 0.4) is 0 Å². The summed E-state index contributed by atoms with van der Waals surface area (Å²) in [5.74, 6) is 0.770. The second-order valence-electron chi connectivity index (χ2n) is 4.97. The highest BCUT2D eigenvalue weighted by Crippen LogP contribution is 2.22. The summed E-state index contributed by atoms with van der Waals surface area (Å²) in [5, 5.41) is 1.90. The van der Waals surface area contributed by atoms with Gasteiger partial charge in [-0.2, -0.15) is 0 Å². The molecule has 0 aliphatic carbocycles. The third-order valence-electron chi connectivity index (χ3n) is 3.42. The number of aromatic nitrogens is 1. The van der Waals surface area contributed by atoms with Crippen molar-refractivity contribution in [2.75, 3.05) is 6.54 Å². The third kappa shape index (κ3) is 3.20. The third-order valence-corrected chi connectivity index (χ3v) is 3.79. The van der Waals surface area contributed by atoms with Gasteiger partial charge < -0.3 is 15.5 Å². The molecule has 108 valence electrons. The van der Waals surface area contributed by atoms with Gasteiger partial charge >= 0.3 is 0 Å². The number of para-hydroxylation sites is 1. The fraction of sp³-hybridized carbons (Fsp3) is 0.176. The zero-order valence-corrected chi connectivity index (χ0v) is 12.4. The Bertz CT molecular complexity index is 718. The van der Waals surface area contributed by atoms with Crippen molar-refractivity contribution < 1.29 is 4.74 Å². The lowest BCUT2D eigenvalue weighted by Gasteiger charge is -2.08. The molecule has 0 amide bonds. The topological polar surface area (TPSA) is 51.0 Å². The highest BCUT2D eigenvalue weighted by atomic mass is 35.5. The van der Waals surface area contributed by atoms with E-state index in [2.05, 4.69) is 17.1 Å². The highest BCUT2D eigenvalue weighted by molar-refractivity contribution is 6.31. The zero-order chi connectivity index (χ0) is 14.7. The SMILES string of the molecule is NCCc1cc(COc2cc3ccccc3[nH]2)ccc1Cl. The van der Waals surface area contributed by atoms with Crippen LogP contribution in [0.25, 0.3) is 10.9 Å². The van der Waals surface area contributed by atoms with Gasteiger partial charge in [-0.15, -0.1) is 0 Å². The molecule has 1 heterocycles. The van der Waals surface area contributed by atoms with Crippen LogP contribution in [0.2, 0.25) is 5.02 Å². The first-order chi connectivity index (χ1) is 10.3. The predicted octanol–water partition coefficient (Wildman–Crippen LogP) is 3.90. The van der Waals surface area contributed by atoms with Crippen LogP contribution >= 0.6 is 11.6 Å². The molecule has 3 rings (SSSR count). The summed E-state index contributed by atoms with van der Waals surface area (Å²) in [6, 6.07) is 16.0. The molecule has 0 aliphatic heterocycles. The summed E-state index contributed by atoms with van der Waals surface area (Å²) >= 11 is 6.14. The first-order valence-corrected chi connectivity index (χ1v) is 7.32. The quantitative estimate of drug-likeness (QED) is 0.751. The molecule has 0 fully saturated rings. The van der Waals surface area contributed by atoms with Crippen molar-refractivity contribution in [1.82, 2.24) is 4.98 Å². The number of fused-ring (bicyclic) bond motifs is 1. The van der Waals surface area contributed by atoms with Gasteiger partial charge in [-0.25, -0.2) is 0 Å². The monoisotopic (exact) mass is 300 g/mol. The maximum absolute atomic E-state index is 6.14. The summed E-state index contributed by atoms with van der Waals surface area (Å²) in [5.41, 5.74) is 8.82. The van der Waals surface area contributed by atoms with E-state index >= 15 is 0 Å². The molecule has 0 spiro atoms. The number of aromatic amines is 1. The molecule has 0 aliphatic rings. The van der Waals surface area contributed by atoms with Crippen molar-refractivity contribution in [2.45, 2.75) is 13.0 Å².